The fourth-order valence-electron chi connectivity index (χ4n) is 3.50. The second-order valence-corrected chi connectivity index (χ2v) is 6.76. The van der Waals surface area contributed by atoms with E-state index in [2.05, 4.69) is 11.0 Å². The fourth-order valence-corrected chi connectivity index (χ4v) is 3.74. The van der Waals surface area contributed by atoms with Crippen molar-refractivity contribution in [3.63, 3.8) is 0 Å². The summed E-state index contributed by atoms with van der Waals surface area (Å²) in [5, 5.41) is 9.97. The number of rotatable bonds is 5. The van der Waals surface area contributed by atoms with Crippen LogP contribution >= 0.6 is 11.6 Å². The van der Waals surface area contributed by atoms with Gasteiger partial charge in [0.25, 0.3) is 0 Å². The van der Waals surface area contributed by atoms with Crippen molar-refractivity contribution in [3.8, 4) is 5.75 Å². The predicted octanol–water partition coefficient (Wildman–Crippen LogP) is 4.23. The minimum Gasteiger partial charge on any atom is -0.497 e. The van der Waals surface area contributed by atoms with Crippen LogP contribution < -0.4 is 4.74 Å². The Kier molecular flexibility index (Phi) is 5.61. The molecular formula is C20H22ClNO3. The molecule has 0 saturated carbocycles. The summed E-state index contributed by atoms with van der Waals surface area (Å²) in [5.74, 6) is -0.154. The van der Waals surface area contributed by atoms with Crippen molar-refractivity contribution in [3.05, 3.63) is 64.7 Å². The number of nitrogens with zero attached hydrogens (tertiary/aromatic N) is 1. The van der Waals surface area contributed by atoms with Crippen LogP contribution in [0.15, 0.2) is 48.5 Å². The normalized spacial score (nSPS) is 17.2. The van der Waals surface area contributed by atoms with Crippen LogP contribution in [0.25, 0.3) is 0 Å². The lowest BCUT2D eigenvalue weighted by Crippen LogP contribution is -2.39. The maximum atomic E-state index is 11.3. The van der Waals surface area contributed by atoms with E-state index in [9.17, 15) is 9.90 Å². The molecular weight excluding hydrogens is 338 g/mol. The highest BCUT2D eigenvalue weighted by molar-refractivity contribution is 6.31. The molecule has 0 spiro atoms. The van der Waals surface area contributed by atoms with Crippen molar-refractivity contribution in [2.45, 2.75) is 18.9 Å². The number of halogens is 1. The van der Waals surface area contributed by atoms with Gasteiger partial charge < -0.3 is 9.84 Å². The van der Waals surface area contributed by atoms with Gasteiger partial charge in [-0.25, -0.2) is 0 Å². The van der Waals surface area contributed by atoms with Crippen LogP contribution in [0.4, 0.5) is 0 Å². The Labute approximate surface area is 153 Å². The van der Waals surface area contributed by atoms with E-state index < -0.39 is 5.97 Å². The van der Waals surface area contributed by atoms with Gasteiger partial charge in [-0.15, -0.1) is 0 Å². The number of likely N-dealkylation sites (tertiary alicyclic amines) is 1. The summed E-state index contributed by atoms with van der Waals surface area (Å²) < 4.78 is 5.38. The van der Waals surface area contributed by atoms with Gasteiger partial charge in [0, 0.05) is 5.02 Å². The van der Waals surface area contributed by atoms with Gasteiger partial charge in [0.15, 0.2) is 0 Å². The van der Waals surface area contributed by atoms with Gasteiger partial charge in [-0.3, -0.25) is 9.69 Å². The second kappa shape index (κ2) is 7.89. The van der Waals surface area contributed by atoms with Gasteiger partial charge in [-0.2, -0.15) is 0 Å². The number of hydrogen-bond donors (Lipinski definition) is 1. The van der Waals surface area contributed by atoms with Gasteiger partial charge in [-0.05, 0) is 55.3 Å². The molecule has 1 saturated heterocycles. The van der Waals surface area contributed by atoms with Crippen molar-refractivity contribution >= 4 is 17.6 Å². The van der Waals surface area contributed by atoms with Crippen molar-refractivity contribution in [2.75, 3.05) is 20.2 Å². The number of aliphatic carboxylic acids is 1. The van der Waals surface area contributed by atoms with Crippen LogP contribution in [0.2, 0.25) is 5.02 Å². The molecule has 3 rings (SSSR count). The topological polar surface area (TPSA) is 49.8 Å². The first-order valence-corrected chi connectivity index (χ1v) is 8.83. The Morgan fingerprint density at radius 2 is 1.92 bits per heavy atom. The molecule has 0 amide bonds. The summed E-state index contributed by atoms with van der Waals surface area (Å²) in [5.41, 5.74) is 2.13. The Morgan fingerprint density at radius 3 is 2.56 bits per heavy atom. The summed E-state index contributed by atoms with van der Waals surface area (Å²) in [6, 6.07) is 15.8. The van der Waals surface area contributed by atoms with Gasteiger partial charge in [0.05, 0.1) is 19.1 Å². The van der Waals surface area contributed by atoms with E-state index in [4.69, 9.17) is 16.3 Å². The average molecular weight is 360 g/mol. The van der Waals surface area contributed by atoms with Gasteiger partial charge in [0.2, 0.25) is 0 Å². The second-order valence-electron chi connectivity index (χ2n) is 6.35. The van der Waals surface area contributed by atoms with E-state index in [0.29, 0.717) is 12.8 Å². The molecule has 1 N–H and O–H groups in total. The van der Waals surface area contributed by atoms with E-state index in [1.54, 1.807) is 7.11 Å². The predicted molar refractivity (Wildman–Crippen MR) is 98.2 cm³/mol. The summed E-state index contributed by atoms with van der Waals surface area (Å²) in [7, 11) is 1.65. The zero-order chi connectivity index (χ0) is 17.8. The highest BCUT2D eigenvalue weighted by Crippen LogP contribution is 2.36. The van der Waals surface area contributed by atoms with Crippen molar-refractivity contribution in [1.82, 2.24) is 4.90 Å². The van der Waals surface area contributed by atoms with Crippen LogP contribution in [-0.2, 0) is 4.79 Å². The van der Waals surface area contributed by atoms with Crippen LogP contribution in [0, 0.1) is 5.92 Å². The van der Waals surface area contributed by atoms with Gasteiger partial charge >= 0.3 is 5.97 Å². The molecule has 4 nitrogen and oxygen atoms in total. The van der Waals surface area contributed by atoms with Gasteiger partial charge in [0.1, 0.15) is 5.75 Å². The molecule has 2 aromatic carbocycles. The van der Waals surface area contributed by atoms with Crippen molar-refractivity contribution < 1.29 is 14.6 Å². The Hall–Kier alpha value is -2.04. The van der Waals surface area contributed by atoms with Crippen LogP contribution in [0.1, 0.15) is 30.0 Å². The minimum atomic E-state index is -0.699. The summed E-state index contributed by atoms with van der Waals surface area (Å²) in [6.45, 7) is 1.45. The highest BCUT2D eigenvalue weighted by Gasteiger charge is 2.31. The summed E-state index contributed by atoms with van der Waals surface area (Å²) >= 11 is 6.49. The lowest BCUT2D eigenvalue weighted by molar-refractivity contribution is -0.143. The molecule has 0 bridgehead atoms. The SMILES string of the molecule is COc1cccc(C(c2ccccc2Cl)N2CCC(C(=O)O)CC2)c1. The quantitative estimate of drug-likeness (QED) is 0.867. The monoisotopic (exact) mass is 359 g/mol. The van der Waals surface area contributed by atoms with Crippen molar-refractivity contribution in [1.29, 1.82) is 0 Å². The maximum Gasteiger partial charge on any atom is 0.306 e. The Bertz CT molecular complexity index is 741. The molecule has 1 fully saturated rings. The number of methoxy groups -OCH3 is 1. The zero-order valence-electron chi connectivity index (χ0n) is 14.2. The number of ether oxygens (including phenoxy) is 1. The molecule has 5 heteroatoms. The standard InChI is InChI=1S/C20H22ClNO3/c1-25-16-6-4-5-15(13-16)19(17-7-2-3-8-18(17)21)22-11-9-14(10-12-22)20(23)24/h2-8,13-14,19H,9-12H2,1H3,(H,23,24). The highest BCUT2D eigenvalue weighted by atomic mass is 35.5. The lowest BCUT2D eigenvalue weighted by atomic mass is 9.91. The van der Waals surface area contributed by atoms with Crippen LogP contribution in [0.5, 0.6) is 5.75 Å². The smallest absolute Gasteiger partial charge is 0.306 e. The number of hydrogen-bond acceptors (Lipinski definition) is 3. The maximum absolute atomic E-state index is 11.3. The van der Waals surface area contributed by atoms with E-state index in [-0.39, 0.29) is 12.0 Å². The molecule has 1 unspecified atom stereocenters. The molecule has 0 aromatic heterocycles. The number of benzene rings is 2. The van der Waals surface area contributed by atoms with Crippen LogP contribution in [-0.4, -0.2) is 36.2 Å². The number of carbonyl (C=O) groups is 1. The largest absolute Gasteiger partial charge is 0.497 e. The first kappa shape index (κ1) is 17.8. The first-order chi connectivity index (χ1) is 12.1. The lowest BCUT2D eigenvalue weighted by Gasteiger charge is -2.37. The minimum absolute atomic E-state index is 0.0152. The average Bonchev–Trinajstić information content (AvgIpc) is 2.64. The Balaban J connectivity index is 1.95. The molecule has 25 heavy (non-hydrogen) atoms. The summed E-state index contributed by atoms with van der Waals surface area (Å²) in [6.07, 6.45) is 1.31. The first-order valence-electron chi connectivity index (χ1n) is 8.45. The zero-order valence-corrected chi connectivity index (χ0v) is 14.9. The van der Waals surface area contributed by atoms with E-state index in [1.165, 1.54) is 0 Å². The number of carboxylic acids is 1. The molecule has 1 heterocycles. The molecule has 0 aliphatic carbocycles. The molecule has 1 atom stereocenters. The third-order valence-electron chi connectivity index (χ3n) is 4.85. The third-order valence-corrected chi connectivity index (χ3v) is 5.20. The summed E-state index contributed by atoms with van der Waals surface area (Å²) in [4.78, 5) is 13.6. The fraction of sp³-hybridized carbons (Fsp3) is 0.350. The van der Waals surface area contributed by atoms with Gasteiger partial charge in [-0.1, -0.05) is 41.9 Å². The molecule has 0 radical (unpaired) electrons. The van der Waals surface area contributed by atoms with E-state index >= 15 is 0 Å². The van der Waals surface area contributed by atoms with Crippen LogP contribution in [0.3, 0.4) is 0 Å². The number of piperidine rings is 1. The third kappa shape index (κ3) is 3.97. The molecule has 1 aliphatic rings. The molecule has 132 valence electrons. The molecule has 2 aromatic rings. The Morgan fingerprint density at radius 1 is 1.20 bits per heavy atom. The number of carboxylic acid groups (broad SMARTS) is 1. The van der Waals surface area contributed by atoms with E-state index in [0.717, 1.165) is 35.0 Å². The van der Waals surface area contributed by atoms with Crippen molar-refractivity contribution in [2.24, 2.45) is 5.92 Å². The molecule has 1 aliphatic heterocycles. The van der Waals surface area contributed by atoms with E-state index in [1.807, 2.05) is 42.5 Å².